The Hall–Kier alpha value is -1.82. The highest BCUT2D eigenvalue weighted by atomic mass is 19.4. The van der Waals surface area contributed by atoms with E-state index < -0.39 is 17.3 Å². The summed E-state index contributed by atoms with van der Waals surface area (Å²) < 4.78 is 39.2. The van der Waals surface area contributed by atoms with Gasteiger partial charge in [0.25, 0.3) is 5.91 Å². The second-order valence-corrected chi connectivity index (χ2v) is 6.81. The van der Waals surface area contributed by atoms with Crippen LogP contribution in [0.25, 0.3) is 5.57 Å². The van der Waals surface area contributed by atoms with E-state index >= 15 is 0 Å². The first-order valence-corrected chi connectivity index (χ1v) is 8.82. The average Bonchev–Trinajstić information content (AvgIpc) is 2.84. The van der Waals surface area contributed by atoms with E-state index in [-0.39, 0.29) is 5.91 Å². The molecule has 0 atom stereocenters. The van der Waals surface area contributed by atoms with Gasteiger partial charge in [0.05, 0.1) is 11.1 Å². The number of halogens is 3. The van der Waals surface area contributed by atoms with Crippen LogP contribution in [0.1, 0.15) is 50.2 Å². The molecule has 1 aromatic carbocycles. The minimum absolute atomic E-state index is 0.255. The van der Waals surface area contributed by atoms with Crippen molar-refractivity contribution >= 4 is 11.5 Å². The minimum Gasteiger partial charge on any atom is -0.343 e. The highest BCUT2D eigenvalue weighted by Crippen LogP contribution is 2.43. The Morgan fingerprint density at radius 1 is 1.20 bits per heavy atom. The van der Waals surface area contributed by atoms with Crippen molar-refractivity contribution < 1.29 is 18.0 Å². The van der Waals surface area contributed by atoms with E-state index in [2.05, 4.69) is 10.6 Å². The Morgan fingerprint density at radius 2 is 1.92 bits per heavy atom. The molecule has 1 amide bonds. The van der Waals surface area contributed by atoms with E-state index in [0.717, 1.165) is 56.4 Å². The molecular formula is C19H23F3N2O. The number of hydrogen-bond donors (Lipinski definition) is 2. The number of amides is 1. The number of nitrogens with one attached hydrogen (secondary N) is 2. The summed E-state index contributed by atoms with van der Waals surface area (Å²) in [6.45, 7) is 3.23. The second kappa shape index (κ2) is 6.83. The lowest BCUT2D eigenvalue weighted by Crippen LogP contribution is -2.47. The van der Waals surface area contributed by atoms with Gasteiger partial charge in [0.1, 0.15) is 0 Å². The smallest absolute Gasteiger partial charge is 0.343 e. The summed E-state index contributed by atoms with van der Waals surface area (Å²) in [4.78, 5) is 12.7. The van der Waals surface area contributed by atoms with Gasteiger partial charge >= 0.3 is 6.18 Å². The van der Waals surface area contributed by atoms with Crippen molar-refractivity contribution in [1.29, 1.82) is 0 Å². The van der Waals surface area contributed by atoms with Crippen LogP contribution in [-0.2, 0) is 11.0 Å². The van der Waals surface area contributed by atoms with Crippen LogP contribution >= 0.6 is 0 Å². The number of likely N-dealkylation sites (N-methyl/N-ethyl adjacent to an activating group) is 1. The fraction of sp³-hybridized carbons (Fsp3) is 0.526. The standard InChI is InChI=1S/C19H23F3N2O/c1-2-23-12-15-16(13-7-6-8-14(11-13)19(20,21)22)17(25)24-18(15)9-4-3-5-10-18/h6-8,11,23H,2-5,9-10,12H2,1H3,(H,24,25). The number of carbonyl (C=O) groups excluding carboxylic acids is 1. The molecule has 1 saturated carbocycles. The maximum absolute atomic E-state index is 13.1. The van der Waals surface area contributed by atoms with Gasteiger partial charge in [-0.25, -0.2) is 0 Å². The highest BCUT2D eigenvalue weighted by molar-refractivity contribution is 6.23. The zero-order chi connectivity index (χ0) is 18.1. The zero-order valence-electron chi connectivity index (χ0n) is 14.3. The van der Waals surface area contributed by atoms with Gasteiger partial charge in [-0.1, -0.05) is 38.3 Å². The van der Waals surface area contributed by atoms with E-state index in [9.17, 15) is 18.0 Å². The van der Waals surface area contributed by atoms with E-state index in [1.807, 2.05) is 6.92 Å². The van der Waals surface area contributed by atoms with Gasteiger partial charge in [0.2, 0.25) is 0 Å². The zero-order valence-corrected chi connectivity index (χ0v) is 14.3. The van der Waals surface area contributed by atoms with Crippen molar-refractivity contribution in [3.05, 3.63) is 41.0 Å². The Balaban J connectivity index is 2.09. The lowest BCUT2D eigenvalue weighted by atomic mass is 9.76. The Bertz CT molecular complexity index is 688. The summed E-state index contributed by atoms with van der Waals surface area (Å²) in [5.74, 6) is -0.255. The second-order valence-electron chi connectivity index (χ2n) is 6.81. The average molecular weight is 352 g/mol. The normalized spacial score (nSPS) is 20.2. The molecule has 6 heteroatoms. The summed E-state index contributed by atoms with van der Waals surface area (Å²) in [5.41, 5.74) is 0.550. The molecule has 25 heavy (non-hydrogen) atoms. The quantitative estimate of drug-likeness (QED) is 0.863. The minimum atomic E-state index is -4.42. The van der Waals surface area contributed by atoms with E-state index in [1.54, 1.807) is 6.07 Å². The third-order valence-corrected chi connectivity index (χ3v) is 5.20. The molecule has 0 bridgehead atoms. The van der Waals surface area contributed by atoms with Crippen LogP contribution in [0.3, 0.4) is 0 Å². The summed E-state index contributed by atoms with van der Waals surface area (Å²) in [5, 5.41) is 6.36. The maximum atomic E-state index is 13.1. The summed E-state index contributed by atoms with van der Waals surface area (Å²) in [6.07, 6.45) is 0.447. The molecule has 136 valence electrons. The van der Waals surface area contributed by atoms with E-state index in [1.165, 1.54) is 6.07 Å². The van der Waals surface area contributed by atoms with E-state index in [4.69, 9.17) is 0 Å². The lowest BCUT2D eigenvalue weighted by Gasteiger charge is -2.36. The molecule has 1 heterocycles. The molecule has 3 nitrogen and oxygen atoms in total. The third-order valence-electron chi connectivity index (χ3n) is 5.20. The van der Waals surface area contributed by atoms with Crippen molar-refractivity contribution in [3.63, 3.8) is 0 Å². The molecule has 0 aromatic heterocycles. The summed E-state index contributed by atoms with van der Waals surface area (Å²) in [7, 11) is 0. The number of alkyl halides is 3. The van der Waals surface area contributed by atoms with Gasteiger partial charge in [0.15, 0.2) is 0 Å². The number of carbonyl (C=O) groups is 1. The maximum Gasteiger partial charge on any atom is 0.416 e. The van der Waals surface area contributed by atoms with Crippen LogP contribution in [0.4, 0.5) is 13.2 Å². The van der Waals surface area contributed by atoms with Gasteiger partial charge in [-0.3, -0.25) is 4.79 Å². The molecular weight excluding hydrogens is 329 g/mol. The van der Waals surface area contributed by atoms with Crippen molar-refractivity contribution in [1.82, 2.24) is 10.6 Å². The van der Waals surface area contributed by atoms with Crippen LogP contribution in [0.5, 0.6) is 0 Å². The molecule has 0 saturated heterocycles. The molecule has 0 radical (unpaired) electrons. The Labute approximate surface area is 145 Å². The van der Waals surface area contributed by atoms with Crippen molar-refractivity contribution in [2.75, 3.05) is 13.1 Å². The topological polar surface area (TPSA) is 41.1 Å². The fourth-order valence-electron chi connectivity index (χ4n) is 3.98. The van der Waals surface area contributed by atoms with Gasteiger partial charge in [0, 0.05) is 12.1 Å². The van der Waals surface area contributed by atoms with Gasteiger partial charge < -0.3 is 10.6 Å². The van der Waals surface area contributed by atoms with Gasteiger partial charge in [-0.15, -0.1) is 0 Å². The molecule has 2 aliphatic rings. The van der Waals surface area contributed by atoms with Crippen LogP contribution in [0.15, 0.2) is 29.8 Å². The fourth-order valence-corrected chi connectivity index (χ4v) is 3.98. The number of benzene rings is 1. The Morgan fingerprint density at radius 3 is 2.56 bits per heavy atom. The van der Waals surface area contributed by atoms with Crippen LogP contribution in [0.2, 0.25) is 0 Å². The molecule has 1 aromatic rings. The highest BCUT2D eigenvalue weighted by Gasteiger charge is 2.45. The molecule has 1 aliphatic heterocycles. The predicted octanol–water partition coefficient (Wildman–Crippen LogP) is 3.90. The first-order valence-electron chi connectivity index (χ1n) is 8.82. The number of hydrogen-bond acceptors (Lipinski definition) is 2. The SMILES string of the molecule is CCNCC1=C(c2cccc(C(F)(F)F)c2)C(=O)NC12CCCCC2. The van der Waals surface area contributed by atoms with Gasteiger partial charge in [-0.2, -0.15) is 13.2 Å². The van der Waals surface area contributed by atoms with Crippen LogP contribution in [0, 0.1) is 0 Å². The van der Waals surface area contributed by atoms with Crippen LogP contribution in [-0.4, -0.2) is 24.5 Å². The largest absolute Gasteiger partial charge is 0.416 e. The first-order chi connectivity index (χ1) is 11.9. The predicted molar refractivity (Wildman–Crippen MR) is 90.9 cm³/mol. The third kappa shape index (κ3) is 3.45. The molecule has 1 spiro atoms. The molecule has 3 rings (SSSR count). The Kier molecular flexibility index (Phi) is 4.91. The molecule has 2 N–H and O–H groups in total. The molecule has 1 aliphatic carbocycles. The van der Waals surface area contributed by atoms with Gasteiger partial charge in [-0.05, 0) is 42.7 Å². The first kappa shape index (κ1) is 18.0. The van der Waals surface area contributed by atoms with Crippen molar-refractivity contribution in [2.45, 2.75) is 50.7 Å². The van der Waals surface area contributed by atoms with E-state index in [0.29, 0.717) is 17.7 Å². The van der Waals surface area contributed by atoms with Crippen molar-refractivity contribution in [2.24, 2.45) is 0 Å². The summed E-state index contributed by atoms with van der Waals surface area (Å²) >= 11 is 0. The molecule has 1 fully saturated rings. The lowest BCUT2D eigenvalue weighted by molar-refractivity contribution is -0.137. The van der Waals surface area contributed by atoms with Crippen molar-refractivity contribution in [3.8, 4) is 0 Å². The summed E-state index contributed by atoms with van der Waals surface area (Å²) in [6, 6.07) is 5.09. The number of rotatable bonds is 4. The molecule has 0 unspecified atom stereocenters. The monoisotopic (exact) mass is 352 g/mol. The van der Waals surface area contributed by atoms with Crippen LogP contribution < -0.4 is 10.6 Å².